The number of rotatable bonds is 4. The molecule has 0 saturated carbocycles. The molecule has 2 heterocycles. The van der Waals surface area contributed by atoms with Crippen molar-refractivity contribution in [1.29, 1.82) is 0 Å². The standard InChI is InChI=1S/C15H13N3O3/c1-20-13-7-8-18-14(17-13)12(9-16-18)15(19)21-10-11-5-3-2-4-6-11/h2-9H,10H2,1H3. The Morgan fingerprint density at radius 2 is 2.05 bits per heavy atom. The molecule has 21 heavy (non-hydrogen) atoms. The molecule has 0 fully saturated rings. The van der Waals surface area contributed by atoms with Gasteiger partial charge >= 0.3 is 5.97 Å². The number of methoxy groups -OCH3 is 1. The van der Waals surface area contributed by atoms with Crippen molar-refractivity contribution in [1.82, 2.24) is 14.6 Å². The first-order valence-corrected chi connectivity index (χ1v) is 6.37. The van der Waals surface area contributed by atoms with Gasteiger partial charge in [0.1, 0.15) is 12.2 Å². The SMILES string of the molecule is COc1ccn2ncc(C(=O)OCc3ccccc3)c2n1. The first-order valence-electron chi connectivity index (χ1n) is 6.37. The van der Waals surface area contributed by atoms with E-state index in [0.29, 0.717) is 17.1 Å². The third kappa shape index (κ3) is 2.69. The van der Waals surface area contributed by atoms with Gasteiger partial charge in [-0.2, -0.15) is 10.1 Å². The summed E-state index contributed by atoms with van der Waals surface area (Å²) in [5.41, 5.74) is 1.64. The fourth-order valence-corrected chi connectivity index (χ4v) is 1.91. The number of benzene rings is 1. The molecule has 2 aromatic heterocycles. The maximum atomic E-state index is 12.1. The predicted molar refractivity (Wildman–Crippen MR) is 75.1 cm³/mol. The molecule has 0 aliphatic rings. The minimum atomic E-state index is -0.463. The van der Waals surface area contributed by atoms with Crippen LogP contribution in [-0.2, 0) is 11.3 Å². The van der Waals surface area contributed by atoms with Crippen LogP contribution in [0.15, 0.2) is 48.8 Å². The highest BCUT2D eigenvalue weighted by Crippen LogP contribution is 2.14. The lowest BCUT2D eigenvalue weighted by atomic mass is 10.2. The number of fused-ring (bicyclic) bond motifs is 1. The highest BCUT2D eigenvalue weighted by atomic mass is 16.5. The Balaban J connectivity index is 1.81. The molecule has 0 bridgehead atoms. The van der Waals surface area contributed by atoms with E-state index >= 15 is 0 Å². The third-order valence-corrected chi connectivity index (χ3v) is 2.99. The fourth-order valence-electron chi connectivity index (χ4n) is 1.91. The van der Waals surface area contributed by atoms with Crippen LogP contribution in [-0.4, -0.2) is 27.7 Å². The van der Waals surface area contributed by atoms with E-state index in [1.807, 2.05) is 30.3 Å². The number of ether oxygens (including phenoxy) is 2. The van der Waals surface area contributed by atoms with Gasteiger partial charge in [0.05, 0.1) is 13.3 Å². The van der Waals surface area contributed by atoms with Crippen LogP contribution in [0, 0.1) is 0 Å². The number of carbonyl (C=O) groups excluding carboxylic acids is 1. The van der Waals surface area contributed by atoms with Crippen molar-refractivity contribution < 1.29 is 14.3 Å². The summed E-state index contributed by atoms with van der Waals surface area (Å²) in [5.74, 6) is -0.0466. The van der Waals surface area contributed by atoms with E-state index in [2.05, 4.69) is 10.1 Å². The molecule has 106 valence electrons. The van der Waals surface area contributed by atoms with Crippen LogP contribution in [0.5, 0.6) is 5.88 Å². The first kappa shape index (κ1) is 13.1. The van der Waals surface area contributed by atoms with Gasteiger partial charge in [-0.05, 0) is 5.56 Å². The van der Waals surface area contributed by atoms with Gasteiger partial charge in [0, 0.05) is 12.3 Å². The Bertz CT molecular complexity index is 768. The zero-order valence-corrected chi connectivity index (χ0v) is 11.4. The van der Waals surface area contributed by atoms with E-state index in [-0.39, 0.29) is 6.61 Å². The smallest absolute Gasteiger partial charge is 0.343 e. The van der Waals surface area contributed by atoms with Crippen LogP contribution in [0.2, 0.25) is 0 Å². The summed E-state index contributed by atoms with van der Waals surface area (Å²) in [5, 5.41) is 4.07. The molecule has 1 aromatic carbocycles. The van der Waals surface area contributed by atoms with Gasteiger partial charge < -0.3 is 9.47 Å². The normalized spacial score (nSPS) is 10.5. The quantitative estimate of drug-likeness (QED) is 0.686. The molecule has 0 atom stereocenters. The Morgan fingerprint density at radius 3 is 2.81 bits per heavy atom. The fraction of sp³-hybridized carbons (Fsp3) is 0.133. The van der Waals surface area contributed by atoms with Crippen molar-refractivity contribution in [3.05, 3.63) is 59.9 Å². The number of esters is 1. The Kier molecular flexibility index (Phi) is 3.51. The number of hydrogen-bond donors (Lipinski definition) is 0. The Labute approximate surface area is 120 Å². The van der Waals surface area contributed by atoms with Gasteiger partial charge in [-0.25, -0.2) is 9.31 Å². The lowest BCUT2D eigenvalue weighted by Gasteiger charge is -2.04. The number of nitrogens with zero attached hydrogens (tertiary/aromatic N) is 3. The second-order valence-electron chi connectivity index (χ2n) is 4.36. The van der Waals surface area contributed by atoms with Crippen LogP contribution in [0.3, 0.4) is 0 Å². The van der Waals surface area contributed by atoms with Crippen LogP contribution < -0.4 is 4.74 Å². The van der Waals surface area contributed by atoms with Crippen molar-refractivity contribution in [3.63, 3.8) is 0 Å². The van der Waals surface area contributed by atoms with Gasteiger partial charge in [0.25, 0.3) is 0 Å². The predicted octanol–water partition coefficient (Wildman–Crippen LogP) is 2.09. The van der Waals surface area contributed by atoms with E-state index in [4.69, 9.17) is 9.47 Å². The van der Waals surface area contributed by atoms with E-state index in [1.165, 1.54) is 17.8 Å². The van der Waals surface area contributed by atoms with Gasteiger partial charge in [0.2, 0.25) is 5.88 Å². The Morgan fingerprint density at radius 1 is 1.24 bits per heavy atom. The second-order valence-corrected chi connectivity index (χ2v) is 4.36. The maximum Gasteiger partial charge on any atom is 0.343 e. The van der Waals surface area contributed by atoms with Crippen LogP contribution in [0.25, 0.3) is 5.65 Å². The van der Waals surface area contributed by atoms with E-state index < -0.39 is 5.97 Å². The summed E-state index contributed by atoms with van der Waals surface area (Å²) in [6.07, 6.45) is 3.12. The lowest BCUT2D eigenvalue weighted by molar-refractivity contribution is 0.0475. The van der Waals surface area contributed by atoms with Crippen LogP contribution >= 0.6 is 0 Å². The molecular weight excluding hydrogens is 270 g/mol. The first-order chi connectivity index (χ1) is 10.3. The molecule has 0 radical (unpaired) electrons. The third-order valence-electron chi connectivity index (χ3n) is 2.99. The highest BCUT2D eigenvalue weighted by molar-refractivity contribution is 5.95. The molecule has 0 N–H and O–H groups in total. The van der Waals surface area contributed by atoms with Crippen molar-refractivity contribution in [2.75, 3.05) is 7.11 Å². The maximum absolute atomic E-state index is 12.1. The molecule has 0 amide bonds. The van der Waals surface area contributed by atoms with Gasteiger partial charge in [0.15, 0.2) is 5.65 Å². The molecule has 0 spiro atoms. The van der Waals surface area contributed by atoms with E-state index in [1.54, 1.807) is 12.3 Å². The molecule has 6 nitrogen and oxygen atoms in total. The minimum Gasteiger partial charge on any atom is -0.481 e. The molecule has 0 aliphatic carbocycles. The summed E-state index contributed by atoms with van der Waals surface area (Å²) in [7, 11) is 1.52. The molecule has 0 unspecified atom stereocenters. The van der Waals surface area contributed by atoms with Crippen LogP contribution in [0.1, 0.15) is 15.9 Å². The van der Waals surface area contributed by atoms with Gasteiger partial charge in [-0.3, -0.25) is 0 Å². The molecular formula is C15H13N3O3. The Hall–Kier alpha value is -2.89. The summed E-state index contributed by atoms with van der Waals surface area (Å²) >= 11 is 0. The average Bonchev–Trinajstić information content (AvgIpc) is 2.96. The summed E-state index contributed by atoms with van der Waals surface area (Å²) in [6.45, 7) is 0.209. The van der Waals surface area contributed by atoms with Crippen molar-refractivity contribution >= 4 is 11.6 Å². The largest absolute Gasteiger partial charge is 0.481 e. The van der Waals surface area contributed by atoms with E-state index in [0.717, 1.165) is 5.56 Å². The van der Waals surface area contributed by atoms with E-state index in [9.17, 15) is 4.79 Å². The van der Waals surface area contributed by atoms with Gasteiger partial charge in [-0.1, -0.05) is 30.3 Å². The van der Waals surface area contributed by atoms with Gasteiger partial charge in [-0.15, -0.1) is 0 Å². The lowest BCUT2D eigenvalue weighted by Crippen LogP contribution is -2.06. The topological polar surface area (TPSA) is 65.7 Å². The zero-order valence-electron chi connectivity index (χ0n) is 11.4. The molecule has 3 aromatic rings. The number of aromatic nitrogens is 3. The molecule has 6 heteroatoms. The zero-order chi connectivity index (χ0) is 14.7. The van der Waals surface area contributed by atoms with Crippen molar-refractivity contribution in [2.45, 2.75) is 6.61 Å². The number of carbonyl (C=O) groups is 1. The van der Waals surface area contributed by atoms with Crippen molar-refractivity contribution in [2.24, 2.45) is 0 Å². The second kappa shape index (κ2) is 5.62. The minimum absolute atomic E-state index is 0.209. The molecule has 0 saturated heterocycles. The monoisotopic (exact) mass is 283 g/mol. The summed E-state index contributed by atoms with van der Waals surface area (Å²) in [4.78, 5) is 16.3. The number of hydrogen-bond acceptors (Lipinski definition) is 5. The average molecular weight is 283 g/mol. The summed E-state index contributed by atoms with van der Waals surface area (Å²) < 4.78 is 11.8. The molecule has 3 rings (SSSR count). The van der Waals surface area contributed by atoms with Crippen molar-refractivity contribution in [3.8, 4) is 5.88 Å². The summed E-state index contributed by atoms with van der Waals surface area (Å²) in [6, 6.07) is 11.1. The molecule has 0 aliphatic heterocycles. The highest BCUT2D eigenvalue weighted by Gasteiger charge is 2.16. The van der Waals surface area contributed by atoms with Crippen LogP contribution in [0.4, 0.5) is 0 Å².